The van der Waals surface area contributed by atoms with Crippen LogP contribution >= 0.6 is 0 Å². The van der Waals surface area contributed by atoms with E-state index in [0.717, 1.165) is 16.8 Å². The van der Waals surface area contributed by atoms with Crippen molar-refractivity contribution in [2.75, 3.05) is 19.4 Å². The van der Waals surface area contributed by atoms with Gasteiger partial charge in [-0.1, -0.05) is 48.5 Å². The predicted molar refractivity (Wildman–Crippen MR) is 82.7 cm³/mol. The molecule has 3 heteroatoms. The number of likely N-dealkylation sites (N-methyl/N-ethyl adjacent to an activating group) is 1. The third-order valence-corrected chi connectivity index (χ3v) is 3.28. The summed E-state index contributed by atoms with van der Waals surface area (Å²) in [7, 11) is 3.82. The molecule has 0 aliphatic heterocycles. The zero-order valence-electron chi connectivity index (χ0n) is 12.1. The molecule has 0 spiro atoms. The maximum absolute atomic E-state index is 12.6. The molecule has 0 radical (unpaired) electrons. The second-order valence-electron chi connectivity index (χ2n) is 5.08. The minimum atomic E-state index is -0.296. The molecular formula is C17H20N2O. The van der Waals surface area contributed by atoms with Gasteiger partial charge in [0.2, 0.25) is 5.91 Å². The van der Waals surface area contributed by atoms with Crippen molar-refractivity contribution in [1.29, 1.82) is 0 Å². The van der Waals surface area contributed by atoms with E-state index in [1.165, 1.54) is 0 Å². The van der Waals surface area contributed by atoms with Gasteiger partial charge in [-0.2, -0.15) is 0 Å². The van der Waals surface area contributed by atoms with Crippen LogP contribution < -0.4 is 5.32 Å². The highest BCUT2D eigenvalue weighted by Crippen LogP contribution is 2.21. The van der Waals surface area contributed by atoms with Crippen molar-refractivity contribution in [3.63, 3.8) is 0 Å². The standard InChI is InChI=1S/C17H20N2O/c1-13-9-7-8-12-15(13)18-17(20)16(19(2)3)14-10-5-4-6-11-14/h4-12,16H,1-3H3,(H,18,20). The summed E-state index contributed by atoms with van der Waals surface area (Å²) in [6, 6.07) is 17.3. The van der Waals surface area contributed by atoms with Gasteiger partial charge in [0.25, 0.3) is 0 Å². The summed E-state index contributed by atoms with van der Waals surface area (Å²) in [6.45, 7) is 1.99. The van der Waals surface area contributed by atoms with Crippen LogP contribution in [0.15, 0.2) is 54.6 Å². The van der Waals surface area contributed by atoms with E-state index in [2.05, 4.69) is 5.32 Å². The summed E-state index contributed by atoms with van der Waals surface area (Å²) in [4.78, 5) is 14.5. The zero-order valence-corrected chi connectivity index (χ0v) is 12.1. The van der Waals surface area contributed by atoms with Crippen molar-refractivity contribution < 1.29 is 4.79 Å². The van der Waals surface area contributed by atoms with Gasteiger partial charge in [0.15, 0.2) is 0 Å². The lowest BCUT2D eigenvalue weighted by atomic mass is 10.0. The molecule has 20 heavy (non-hydrogen) atoms. The number of carbonyl (C=O) groups is 1. The van der Waals surface area contributed by atoms with E-state index < -0.39 is 0 Å². The van der Waals surface area contributed by atoms with Crippen molar-refractivity contribution >= 4 is 11.6 Å². The molecule has 0 aliphatic rings. The molecule has 2 rings (SSSR count). The van der Waals surface area contributed by atoms with E-state index in [4.69, 9.17) is 0 Å². The lowest BCUT2D eigenvalue weighted by Crippen LogP contribution is -2.32. The molecule has 0 fully saturated rings. The van der Waals surface area contributed by atoms with E-state index >= 15 is 0 Å². The Bertz CT molecular complexity index is 579. The number of amides is 1. The lowest BCUT2D eigenvalue weighted by molar-refractivity contribution is -0.120. The van der Waals surface area contributed by atoms with E-state index in [0.29, 0.717) is 0 Å². The van der Waals surface area contributed by atoms with Crippen LogP contribution in [0.25, 0.3) is 0 Å². The molecule has 0 heterocycles. The fraction of sp³-hybridized carbons (Fsp3) is 0.235. The minimum Gasteiger partial charge on any atom is -0.324 e. The van der Waals surface area contributed by atoms with Crippen LogP contribution in [-0.2, 0) is 4.79 Å². The number of nitrogens with zero attached hydrogens (tertiary/aromatic N) is 1. The second-order valence-corrected chi connectivity index (χ2v) is 5.08. The first-order chi connectivity index (χ1) is 9.59. The number of carbonyl (C=O) groups excluding carboxylic acids is 1. The molecule has 2 aromatic rings. The summed E-state index contributed by atoms with van der Waals surface area (Å²) in [6.07, 6.45) is 0. The zero-order chi connectivity index (χ0) is 14.5. The average molecular weight is 268 g/mol. The summed E-state index contributed by atoms with van der Waals surface area (Å²) in [5.74, 6) is -0.0181. The molecule has 0 saturated carbocycles. The van der Waals surface area contributed by atoms with Crippen LogP contribution in [0.1, 0.15) is 17.2 Å². The highest BCUT2D eigenvalue weighted by molar-refractivity contribution is 5.96. The smallest absolute Gasteiger partial charge is 0.246 e. The van der Waals surface area contributed by atoms with Gasteiger partial charge in [0, 0.05) is 5.69 Å². The highest BCUT2D eigenvalue weighted by Gasteiger charge is 2.22. The van der Waals surface area contributed by atoms with Crippen LogP contribution in [0.2, 0.25) is 0 Å². The van der Waals surface area contributed by atoms with Gasteiger partial charge < -0.3 is 5.32 Å². The van der Waals surface area contributed by atoms with Crippen LogP contribution in [0.4, 0.5) is 5.69 Å². The molecule has 104 valence electrons. The van der Waals surface area contributed by atoms with Gasteiger partial charge in [-0.05, 0) is 38.2 Å². The maximum atomic E-state index is 12.6. The number of para-hydroxylation sites is 1. The summed E-state index contributed by atoms with van der Waals surface area (Å²) >= 11 is 0. The molecule has 1 N–H and O–H groups in total. The fourth-order valence-corrected chi connectivity index (χ4v) is 2.23. The lowest BCUT2D eigenvalue weighted by Gasteiger charge is -2.24. The molecule has 2 aromatic carbocycles. The van der Waals surface area contributed by atoms with Gasteiger partial charge in [-0.15, -0.1) is 0 Å². The molecular weight excluding hydrogens is 248 g/mol. The molecule has 0 bridgehead atoms. The Morgan fingerprint density at radius 1 is 1.00 bits per heavy atom. The molecule has 0 saturated heterocycles. The van der Waals surface area contributed by atoms with Gasteiger partial charge >= 0.3 is 0 Å². The largest absolute Gasteiger partial charge is 0.324 e. The molecule has 0 aromatic heterocycles. The third-order valence-electron chi connectivity index (χ3n) is 3.28. The van der Waals surface area contributed by atoms with Crippen LogP contribution in [0.3, 0.4) is 0 Å². The number of anilines is 1. The SMILES string of the molecule is Cc1ccccc1NC(=O)C(c1ccccc1)N(C)C. The fourth-order valence-electron chi connectivity index (χ4n) is 2.23. The van der Waals surface area contributed by atoms with Crippen molar-refractivity contribution in [1.82, 2.24) is 4.90 Å². The third kappa shape index (κ3) is 3.25. The number of hydrogen-bond acceptors (Lipinski definition) is 2. The Hall–Kier alpha value is -2.13. The van der Waals surface area contributed by atoms with E-state index in [1.54, 1.807) is 0 Å². The van der Waals surface area contributed by atoms with Crippen LogP contribution in [0.5, 0.6) is 0 Å². The van der Waals surface area contributed by atoms with E-state index in [1.807, 2.05) is 80.5 Å². The Labute approximate surface area is 120 Å². The maximum Gasteiger partial charge on any atom is 0.246 e. The Morgan fingerprint density at radius 3 is 2.20 bits per heavy atom. The summed E-state index contributed by atoms with van der Waals surface area (Å²) in [5.41, 5.74) is 2.91. The number of aryl methyl sites for hydroxylation is 1. The molecule has 0 aliphatic carbocycles. The minimum absolute atomic E-state index is 0.0181. The van der Waals surface area contributed by atoms with Crippen molar-refractivity contribution in [3.8, 4) is 0 Å². The normalized spacial score (nSPS) is 12.2. The van der Waals surface area contributed by atoms with E-state index in [-0.39, 0.29) is 11.9 Å². The first-order valence-corrected chi connectivity index (χ1v) is 6.67. The monoisotopic (exact) mass is 268 g/mol. The van der Waals surface area contributed by atoms with Crippen LogP contribution in [-0.4, -0.2) is 24.9 Å². The highest BCUT2D eigenvalue weighted by atomic mass is 16.2. The Morgan fingerprint density at radius 2 is 1.60 bits per heavy atom. The molecule has 1 atom stereocenters. The van der Waals surface area contributed by atoms with Crippen molar-refractivity contribution in [3.05, 3.63) is 65.7 Å². The second kappa shape index (κ2) is 6.35. The van der Waals surface area contributed by atoms with Crippen molar-refractivity contribution in [2.24, 2.45) is 0 Å². The molecule has 1 unspecified atom stereocenters. The number of benzene rings is 2. The van der Waals surface area contributed by atoms with Gasteiger partial charge in [-0.25, -0.2) is 0 Å². The first-order valence-electron chi connectivity index (χ1n) is 6.67. The van der Waals surface area contributed by atoms with Gasteiger partial charge in [0.1, 0.15) is 6.04 Å². The molecule has 3 nitrogen and oxygen atoms in total. The van der Waals surface area contributed by atoms with Crippen molar-refractivity contribution in [2.45, 2.75) is 13.0 Å². The topological polar surface area (TPSA) is 32.3 Å². The van der Waals surface area contributed by atoms with Crippen LogP contribution in [0, 0.1) is 6.92 Å². The summed E-state index contributed by atoms with van der Waals surface area (Å²) < 4.78 is 0. The quantitative estimate of drug-likeness (QED) is 0.923. The Kier molecular flexibility index (Phi) is 4.53. The summed E-state index contributed by atoms with van der Waals surface area (Å²) in [5, 5.41) is 3.01. The number of hydrogen-bond donors (Lipinski definition) is 1. The number of rotatable bonds is 4. The first kappa shape index (κ1) is 14.3. The van der Waals surface area contributed by atoms with Gasteiger partial charge in [0.05, 0.1) is 0 Å². The van der Waals surface area contributed by atoms with Gasteiger partial charge in [-0.3, -0.25) is 9.69 Å². The number of nitrogens with one attached hydrogen (secondary N) is 1. The molecule has 1 amide bonds. The average Bonchev–Trinajstić information content (AvgIpc) is 2.42. The predicted octanol–water partition coefficient (Wildman–Crippen LogP) is 3.24. The Balaban J connectivity index is 2.23. The van der Waals surface area contributed by atoms with E-state index in [9.17, 15) is 4.79 Å².